The van der Waals surface area contributed by atoms with E-state index in [4.69, 9.17) is 11.6 Å². The predicted molar refractivity (Wildman–Crippen MR) is 80.7 cm³/mol. The molecular formula is C14H24ClNOS. The van der Waals surface area contributed by atoms with Gasteiger partial charge in [0.1, 0.15) is 0 Å². The van der Waals surface area contributed by atoms with Crippen LogP contribution in [-0.4, -0.2) is 34.7 Å². The number of aliphatic hydroxyl groups excluding tert-OH is 1. The van der Waals surface area contributed by atoms with E-state index in [0.29, 0.717) is 6.42 Å². The maximum atomic E-state index is 10.6. The summed E-state index contributed by atoms with van der Waals surface area (Å²) in [5.74, 6) is 0. The van der Waals surface area contributed by atoms with Crippen molar-refractivity contribution in [2.75, 3.05) is 13.1 Å². The number of hydrogen-bond donors (Lipinski definition) is 1. The molecular weight excluding hydrogens is 266 g/mol. The van der Waals surface area contributed by atoms with Crippen LogP contribution in [0.4, 0.5) is 0 Å². The number of hydrogen-bond acceptors (Lipinski definition) is 3. The van der Waals surface area contributed by atoms with Gasteiger partial charge in [0.05, 0.1) is 10.4 Å². The minimum absolute atomic E-state index is 0.167. The first kappa shape index (κ1) is 16.0. The molecule has 0 spiro atoms. The van der Waals surface area contributed by atoms with Crippen molar-refractivity contribution in [3.8, 4) is 0 Å². The van der Waals surface area contributed by atoms with Gasteiger partial charge in [-0.25, -0.2) is 0 Å². The highest BCUT2D eigenvalue weighted by Gasteiger charge is 2.35. The van der Waals surface area contributed by atoms with Crippen molar-refractivity contribution in [2.45, 2.75) is 52.2 Å². The summed E-state index contributed by atoms with van der Waals surface area (Å²) in [6.07, 6.45) is 1.25. The highest BCUT2D eigenvalue weighted by molar-refractivity contribution is 7.16. The average Bonchev–Trinajstić information content (AvgIpc) is 2.75. The highest BCUT2D eigenvalue weighted by Crippen LogP contribution is 2.29. The van der Waals surface area contributed by atoms with Gasteiger partial charge in [0.15, 0.2) is 0 Å². The number of likely N-dealkylation sites (N-methyl/N-ethyl adjacent to an activating group) is 1. The highest BCUT2D eigenvalue weighted by atomic mass is 35.5. The van der Waals surface area contributed by atoms with E-state index < -0.39 is 0 Å². The average molecular weight is 290 g/mol. The van der Waals surface area contributed by atoms with Crippen LogP contribution in [0.3, 0.4) is 0 Å². The minimum Gasteiger partial charge on any atom is -0.391 e. The van der Waals surface area contributed by atoms with Crippen LogP contribution in [0.25, 0.3) is 0 Å². The van der Waals surface area contributed by atoms with Crippen molar-refractivity contribution in [3.63, 3.8) is 0 Å². The second kappa shape index (κ2) is 6.90. The van der Waals surface area contributed by atoms with Crippen LogP contribution < -0.4 is 0 Å². The smallest absolute Gasteiger partial charge is 0.0931 e. The van der Waals surface area contributed by atoms with E-state index >= 15 is 0 Å². The Kier molecular flexibility index (Phi) is 6.12. The molecule has 1 aromatic rings. The van der Waals surface area contributed by atoms with Crippen LogP contribution in [-0.2, 0) is 6.42 Å². The van der Waals surface area contributed by atoms with Crippen molar-refractivity contribution < 1.29 is 5.11 Å². The molecule has 104 valence electrons. The normalized spacial score (nSPS) is 16.8. The summed E-state index contributed by atoms with van der Waals surface area (Å²) in [6.45, 7) is 10.5. The Morgan fingerprint density at radius 2 is 1.94 bits per heavy atom. The van der Waals surface area contributed by atoms with E-state index in [0.717, 1.165) is 28.7 Å². The Balaban J connectivity index is 2.80. The lowest BCUT2D eigenvalue weighted by Gasteiger charge is -2.43. The fraction of sp³-hybridized carbons (Fsp3) is 0.714. The maximum Gasteiger partial charge on any atom is 0.0931 e. The Labute approximate surface area is 120 Å². The molecule has 1 N–H and O–H groups in total. The molecule has 0 radical (unpaired) electrons. The summed E-state index contributed by atoms with van der Waals surface area (Å²) >= 11 is 7.49. The molecule has 2 atom stereocenters. The summed E-state index contributed by atoms with van der Waals surface area (Å²) < 4.78 is 0.790. The summed E-state index contributed by atoms with van der Waals surface area (Å²) in [5.41, 5.74) is -0.167. The van der Waals surface area contributed by atoms with E-state index in [2.05, 4.69) is 32.6 Å². The van der Waals surface area contributed by atoms with Gasteiger partial charge in [0, 0.05) is 16.8 Å². The second-order valence-corrected chi connectivity index (χ2v) is 6.61. The molecule has 0 bridgehead atoms. The molecule has 4 heteroatoms. The van der Waals surface area contributed by atoms with Crippen molar-refractivity contribution in [3.05, 3.63) is 21.3 Å². The molecule has 1 aromatic heterocycles. The van der Waals surface area contributed by atoms with Gasteiger partial charge in [-0.05, 0) is 38.6 Å². The molecule has 0 fully saturated rings. The van der Waals surface area contributed by atoms with Crippen molar-refractivity contribution in [2.24, 2.45) is 0 Å². The molecule has 0 aliphatic carbocycles. The van der Waals surface area contributed by atoms with Crippen molar-refractivity contribution in [1.82, 2.24) is 4.90 Å². The lowest BCUT2D eigenvalue weighted by atomic mass is 9.87. The topological polar surface area (TPSA) is 23.5 Å². The zero-order valence-corrected chi connectivity index (χ0v) is 13.3. The lowest BCUT2D eigenvalue weighted by molar-refractivity contribution is -0.0186. The fourth-order valence-corrected chi connectivity index (χ4v) is 3.61. The lowest BCUT2D eigenvalue weighted by Crippen LogP contribution is -2.54. The maximum absolute atomic E-state index is 10.6. The minimum atomic E-state index is -0.364. The second-order valence-electron chi connectivity index (χ2n) is 4.81. The summed E-state index contributed by atoms with van der Waals surface area (Å²) in [4.78, 5) is 3.49. The van der Waals surface area contributed by atoms with E-state index in [1.165, 1.54) is 0 Å². The van der Waals surface area contributed by atoms with Crippen molar-refractivity contribution in [1.29, 1.82) is 0 Å². The zero-order chi connectivity index (χ0) is 13.8. The molecule has 2 unspecified atom stereocenters. The monoisotopic (exact) mass is 289 g/mol. The van der Waals surface area contributed by atoms with Gasteiger partial charge < -0.3 is 5.11 Å². The van der Waals surface area contributed by atoms with Gasteiger partial charge in [-0.15, -0.1) is 11.3 Å². The van der Waals surface area contributed by atoms with Gasteiger partial charge >= 0.3 is 0 Å². The summed E-state index contributed by atoms with van der Waals surface area (Å²) in [5, 5.41) is 10.6. The molecule has 0 amide bonds. The van der Waals surface area contributed by atoms with Crippen LogP contribution in [0.5, 0.6) is 0 Å². The largest absolute Gasteiger partial charge is 0.391 e. The standard InChI is InChI=1S/C14H24ClNOS/c1-5-14(4,16(6-2)7-3)12(17)10-11-8-9-13(15)18-11/h8-9,12,17H,5-7,10H2,1-4H3. The molecule has 0 saturated carbocycles. The number of thiophene rings is 1. The number of rotatable bonds is 7. The van der Waals surface area contributed by atoms with Crippen LogP contribution in [0, 0.1) is 0 Å². The van der Waals surface area contributed by atoms with Gasteiger partial charge in [-0.3, -0.25) is 4.90 Å². The Bertz CT molecular complexity index is 364. The number of aliphatic hydroxyl groups is 1. The van der Waals surface area contributed by atoms with Crippen LogP contribution >= 0.6 is 22.9 Å². The third-order valence-electron chi connectivity index (χ3n) is 3.94. The van der Waals surface area contributed by atoms with E-state index in [9.17, 15) is 5.11 Å². The quantitative estimate of drug-likeness (QED) is 0.825. The first-order valence-corrected chi connectivity index (χ1v) is 7.84. The number of nitrogens with zero attached hydrogens (tertiary/aromatic N) is 1. The van der Waals surface area contributed by atoms with Crippen LogP contribution in [0.1, 0.15) is 39.0 Å². The Hall–Kier alpha value is -0.0900. The van der Waals surface area contributed by atoms with E-state index in [1.807, 2.05) is 12.1 Å². The SMILES string of the molecule is CCN(CC)C(C)(CC)C(O)Cc1ccc(Cl)s1. The van der Waals surface area contributed by atoms with E-state index in [1.54, 1.807) is 11.3 Å². The third kappa shape index (κ3) is 3.47. The number of halogens is 1. The molecule has 0 aromatic carbocycles. The summed E-state index contributed by atoms with van der Waals surface area (Å²) in [7, 11) is 0. The first-order chi connectivity index (χ1) is 8.47. The first-order valence-electron chi connectivity index (χ1n) is 6.65. The van der Waals surface area contributed by atoms with Gasteiger partial charge in [-0.2, -0.15) is 0 Å². The van der Waals surface area contributed by atoms with Gasteiger partial charge in [-0.1, -0.05) is 32.4 Å². The van der Waals surface area contributed by atoms with Crippen LogP contribution in [0.2, 0.25) is 4.34 Å². The molecule has 0 aliphatic heterocycles. The molecule has 0 aliphatic rings. The van der Waals surface area contributed by atoms with E-state index in [-0.39, 0.29) is 11.6 Å². The molecule has 2 nitrogen and oxygen atoms in total. The predicted octanol–water partition coefficient (Wildman–Crippen LogP) is 3.82. The molecule has 1 rings (SSSR count). The van der Waals surface area contributed by atoms with Gasteiger partial charge in [0.25, 0.3) is 0 Å². The third-order valence-corrected chi connectivity index (χ3v) is 5.20. The van der Waals surface area contributed by atoms with Crippen molar-refractivity contribution >= 4 is 22.9 Å². The van der Waals surface area contributed by atoms with Gasteiger partial charge in [0.2, 0.25) is 0 Å². The molecule has 0 saturated heterocycles. The summed E-state index contributed by atoms with van der Waals surface area (Å²) in [6, 6.07) is 3.91. The van der Waals surface area contributed by atoms with Crippen LogP contribution in [0.15, 0.2) is 12.1 Å². The zero-order valence-electron chi connectivity index (χ0n) is 11.7. The Morgan fingerprint density at radius 1 is 1.33 bits per heavy atom. The Morgan fingerprint density at radius 3 is 2.33 bits per heavy atom. The molecule has 1 heterocycles. The fourth-order valence-electron chi connectivity index (χ4n) is 2.49. The molecule has 18 heavy (non-hydrogen) atoms.